The molecule has 1 aromatic carbocycles. The summed E-state index contributed by atoms with van der Waals surface area (Å²) in [5.41, 5.74) is 0.544. The zero-order chi connectivity index (χ0) is 15.3. The van der Waals surface area contributed by atoms with E-state index >= 15 is 0 Å². The molecule has 1 N–H and O–H groups in total. The van der Waals surface area contributed by atoms with Crippen LogP contribution in [0.1, 0.15) is 12.1 Å². The largest absolute Gasteiger partial charge is 0.494 e. The number of benzene rings is 1. The Balaban J connectivity index is 1.85. The number of H-pyrrole nitrogens is 1. The summed E-state index contributed by atoms with van der Waals surface area (Å²) in [5.74, 6) is 0.786. The van der Waals surface area contributed by atoms with Crippen molar-refractivity contribution in [2.24, 2.45) is 0 Å². The first kappa shape index (κ1) is 15.5. The van der Waals surface area contributed by atoms with Crippen molar-refractivity contribution in [3.8, 4) is 5.75 Å². The van der Waals surface area contributed by atoms with Crippen molar-refractivity contribution in [3.05, 3.63) is 42.2 Å². The highest BCUT2D eigenvalue weighted by Crippen LogP contribution is 2.16. The number of aromatic nitrogens is 2. The lowest BCUT2D eigenvalue weighted by atomic mass is 10.3. The van der Waals surface area contributed by atoms with Gasteiger partial charge < -0.3 is 4.74 Å². The number of nitrogens with zero attached hydrogens (tertiary/aromatic N) is 2. The molecule has 0 aliphatic carbocycles. The third kappa shape index (κ3) is 3.83. The van der Waals surface area contributed by atoms with Crippen molar-refractivity contribution in [2.75, 3.05) is 20.2 Å². The summed E-state index contributed by atoms with van der Waals surface area (Å²) in [6.45, 7) is 2.54. The second kappa shape index (κ2) is 6.73. The van der Waals surface area contributed by atoms with Gasteiger partial charge in [0.1, 0.15) is 10.6 Å². The van der Waals surface area contributed by atoms with Crippen molar-refractivity contribution in [3.63, 3.8) is 0 Å². The highest BCUT2D eigenvalue weighted by Gasteiger charge is 2.23. The maximum absolute atomic E-state index is 12.3. The van der Waals surface area contributed by atoms with Crippen molar-refractivity contribution in [1.29, 1.82) is 0 Å². The number of hydrogen-bond donors (Lipinski definition) is 1. The lowest BCUT2D eigenvalue weighted by Crippen LogP contribution is -2.29. The van der Waals surface area contributed by atoms with Gasteiger partial charge >= 0.3 is 0 Å². The van der Waals surface area contributed by atoms with Gasteiger partial charge in [0.25, 0.3) is 0 Å². The van der Waals surface area contributed by atoms with Crippen LogP contribution in [-0.2, 0) is 10.0 Å². The summed E-state index contributed by atoms with van der Waals surface area (Å²) in [4.78, 5) is 0.217. The topological polar surface area (TPSA) is 75.3 Å². The number of ether oxygens (including phenoxy) is 1. The molecule has 0 aliphatic heterocycles. The van der Waals surface area contributed by atoms with Gasteiger partial charge in [-0.25, -0.2) is 12.7 Å². The van der Waals surface area contributed by atoms with E-state index in [1.54, 1.807) is 14.0 Å². The van der Waals surface area contributed by atoms with Gasteiger partial charge in [0, 0.05) is 13.6 Å². The summed E-state index contributed by atoms with van der Waals surface area (Å²) in [6.07, 6.45) is 1.95. The molecule has 7 heteroatoms. The maximum atomic E-state index is 12.3. The predicted octanol–water partition coefficient (Wildman–Crippen LogP) is 1.81. The Hall–Kier alpha value is -1.86. The number of aryl methyl sites for hydroxylation is 1. The van der Waals surface area contributed by atoms with Gasteiger partial charge in [-0.05, 0) is 25.5 Å². The zero-order valence-corrected chi connectivity index (χ0v) is 12.9. The molecule has 0 aliphatic rings. The monoisotopic (exact) mass is 309 g/mol. The average Bonchev–Trinajstić information content (AvgIpc) is 2.91. The molecule has 0 atom stereocenters. The Morgan fingerprint density at radius 1 is 1.29 bits per heavy atom. The molecule has 21 heavy (non-hydrogen) atoms. The Bertz CT molecular complexity index is 668. The minimum atomic E-state index is -3.49. The van der Waals surface area contributed by atoms with Gasteiger partial charge in [-0.1, -0.05) is 18.2 Å². The van der Waals surface area contributed by atoms with Gasteiger partial charge in [-0.2, -0.15) is 5.10 Å². The molecule has 0 unspecified atom stereocenters. The number of aromatic amines is 1. The smallest absolute Gasteiger partial charge is 0.246 e. The molecule has 6 nitrogen and oxygen atoms in total. The summed E-state index contributed by atoms with van der Waals surface area (Å²) in [6, 6.07) is 9.45. The van der Waals surface area contributed by atoms with Crippen LogP contribution in [0.15, 0.2) is 41.4 Å². The van der Waals surface area contributed by atoms with Crippen molar-refractivity contribution in [1.82, 2.24) is 14.5 Å². The molecule has 0 fully saturated rings. The van der Waals surface area contributed by atoms with Crippen LogP contribution in [0.3, 0.4) is 0 Å². The fourth-order valence-electron chi connectivity index (χ4n) is 1.88. The first-order valence-electron chi connectivity index (χ1n) is 6.66. The van der Waals surface area contributed by atoms with Crippen LogP contribution in [0.5, 0.6) is 5.75 Å². The molecule has 0 saturated heterocycles. The number of hydrogen-bond acceptors (Lipinski definition) is 4. The van der Waals surface area contributed by atoms with Crippen LogP contribution in [0.25, 0.3) is 0 Å². The molecule has 0 saturated carbocycles. The molecule has 2 aromatic rings. The maximum Gasteiger partial charge on any atom is 0.246 e. The van der Waals surface area contributed by atoms with Gasteiger partial charge in [0.2, 0.25) is 10.0 Å². The van der Waals surface area contributed by atoms with E-state index in [-0.39, 0.29) is 4.90 Å². The quantitative estimate of drug-likeness (QED) is 0.791. The van der Waals surface area contributed by atoms with Crippen molar-refractivity contribution in [2.45, 2.75) is 18.2 Å². The van der Waals surface area contributed by atoms with E-state index in [2.05, 4.69) is 10.2 Å². The number of rotatable bonds is 7. The number of nitrogens with one attached hydrogen (secondary N) is 1. The highest BCUT2D eigenvalue weighted by molar-refractivity contribution is 7.89. The second-order valence-corrected chi connectivity index (χ2v) is 6.71. The van der Waals surface area contributed by atoms with E-state index in [1.165, 1.54) is 10.5 Å². The first-order valence-corrected chi connectivity index (χ1v) is 8.10. The summed E-state index contributed by atoms with van der Waals surface area (Å²) >= 11 is 0. The molecule has 1 heterocycles. The molecule has 0 amide bonds. The van der Waals surface area contributed by atoms with E-state index in [4.69, 9.17) is 4.74 Å². The molecule has 1 aromatic heterocycles. The predicted molar refractivity (Wildman–Crippen MR) is 79.7 cm³/mol. The van der Waals surface area contributed by atoms with Crippen LogP contribution < -0.4 is 4.74 Å². The van der Waals surface area contributed by atoms with E-state index in [9.17, 15) is 8.42 Å². The van der Waals surface area contributed by atoms with Crippen LogP contribution in [0, 0.1) is 6.92 Å². The summed E-state index contributed by atoms with van der Waals surface area (Å²) in [5, 5.41) is 6.39. The average molecular weight is 309 g/mol. The minimum absolute atomic E-state index is 0.217. The lowest BCUT2D eigenvalue weighted by molar-refractivity contribution is 0.296. The van der Waals surface area contributed by atoms with Crippen LogP contribution in [0.2, 0.25) is 0 Å². The Kier molecular flexibility index (Phi) is 4.98. The Morgan fingerprint density at radius 2 is 2.00 bits per heavy atom. The van der Waals surface area contributed by atoms with Crippen LogP contribution in [-0.4, -0.2) is 43.1 Å². The van der Waals surface area contributed by atoms with Crippen molar-refractivity contribution >= 4 is 10.0 Å². The third-order valence-electron chi connectivity index (χ3n) is 3.10. The van der Waals surface area contributed by atoms with Crippen LogP contribution >= 0.6 is 0 Å². The molecule has 0 radical (unpaired) electrons. The SMILES string of the molecule is Cc1[nH]ncc1S(=O)(=O)N(C)CCCOc1ccccc1. The Morgan fingerprint density at radius 3 is 2.62 bits per heavy atom. The Labute approximate surface area is 124 Å². The van der Waals surface area contributed by atoms with Gasteiger partial charge in [-0.15, -0.1) is 0 Å². The molecular formula is C14H19N3O3S. The molecule has 114 valence electrons. The molecule has 0 spiro atoms. The summed E-state index contributed by atoms with van der Waals surface area (Å²) < 4.78 is 31.5. The number of sulfonamides is 1. The summed E-state index contributed by atoms with van der Waals surface area (Å²) in [7, 11) is -1.93. The minimum Gasteiger partial charge on any atom is -0.494 e. The van der Waals surface area contributed by atoms with Gasteiger partial charge in [0.05, 0.1) is 18.5 Å². The zero-order valence-electron chi connectivity index (χ0n) is 12.1. The molecule has 0 bridgehead atoms. The van der Waals surface area contributed by atoms with Gasteiger partial charge in [-0.3, -0.25) is 5.10 Å². The highest BCUT2D eigenvalue weighted by atomic mass is 32.2. The van der Waals surface area contributed by atoms with Crippen LogP contribution in [0.4, 0.5) is 0 Å². The fraction of sp³-hybridized carbons (Fsp3) is 0.357. The third-order valence-corrected chi connectivity index (χ3v) is 5.07. The number of para-hydroxylation sites is 1. The first-order chi connectivity index (χ1) is 10.0. The fourth-order valence-corrected chi connectivity index (χ4v) is 3.21. The van der Waals surface area contributed by atoms with E-state index in [0.29, 0.717) is 25.3 Å². The van der Waals surface area contributed by atoms with Gasteiger partial charge in [0.15, 0.2) is 0 Å². The normalized spacial score (nSPS) is 11.8. The van der Waals surface area contributed by atoms with E-state index < -0.39 is 10.0 Å². The lowest BCUT2D eigenvalue weighted by Gasteiger charge is -2.16. The molecule has 2 rings (SSSR count). The standard InChI is InChI=1S/C14H19N3O3S/c1-12-14(11-15-16-12)21(18,19)17(2)9-6-10-20-13-7-4-3-5-8-13/h3-5,7-8,11H,6,9-10H2,1-2H3,(H,15,16). The molecular weight excluding hydrogens is 290 g/mol. The van der Waals surface area contributed by atoms with Crippen molar-refractivity contribution < 1.29 is 13.2 Å². The van der Waals surface area contributed by atoms with E-state index in [0.717, 1.165) is 5.75 Å². The van der Waals surface area contributed by atoms with E-state index in [1.807, 2.05) is 30.3 Å². The second-order valence-electron chi connectivity index (χ2n) is 4.70.